The second-order valence-corrected chi connectivity index (χ2v) is 11.9. The molecule has 2 amide bonds. The molecular formula is C34H39NO5. The van der Waals surface area contributed by atoms with Crippen LogP contribution in [0.4, 0.5) is 0 Å². The molecule has 4 atom stereocenters. The fraction of sp³-hybridized carbons (Fsp3) is 0.471. The van der Waals surface area contributed by atoms with Gasteiger partial charge in [0.2, 0.25) is 11.8 Å². The van der Waals surface area contributed by atoms with E-state index in [1.807, 2.05) is 54.6 Å². The third-order valence-electron chi connectivity index (χ3n) is 9.28. The van der Waals surface area contributed by atoms with Crippen molar-refractivity contribution in [2.75, 3.05) is 13.2 Å². The first kappa shape index (κ1) is 26.8. The number of hydrogen-bond donors (Lipinski definition) is 1. The Bertz CT molecular complexity index is 1310. The minimum atomic E-state index is -0.326. The van der Waals surface area contributed by atoms with Crippen molar-refractivity contribution >= 4 is 17.9 Å². The fourth-order valence-corrected chi connectivity index (χ4v) is 7.32. The van der Waals surface area contributed by atoms with Crippen LogP contribution < -0.4 is 4.74 Å². The van der Waals surface area contributed by atoms with E-state index in [2.05, 4.69) is 6.92 Å². The summed E-state index contributed by atoms with van der Waals surface area (Å²) in [5, 5.41) is 10.2. The molecule has 2 heterocycles. The first-order valence-corrected chi connectivity index (χ1v) is 14.8. The number of amides is 2. The number of ether oxygens (including phenoxy) is 2. The van der Waals surface area contributed by atoms with Gasteiger partial charge in [-0.15, -0.1) is 0 Å². The lowest BCUT2D eigenvalue weighted by Crippen LogP contribution is -2.42. The number of hydrogen-bond acceptors (Lipinski definition) is 5. The van der Waals surface area contributed by atoms with E-state index in [0.717, 1.165) is 61.0 Å². The van der Waals surface area contributed by atoms with E-state index in [0.29, 0.717) is 19.6 Å². The Balaban J connectivity index is 1.25. The normalized spacial score (nSPS) is 27.2. The van der Waals surface area contributed by atoms with Gasteiger partial charge in [-0.3, -0.25) is 14.5 Å². The molecule has 4 aliphatic rings. The Labute approximate surface area is 236 Å². The number of phenolic OH excluding ortho intramolecular Hbond substituents is 1. The van der Waals surface area contributed by atoms with Gasteiger partial charge >= 0.3 is 0 Å². The van der Waals surface area contributed by atoms with Crippen LogP contribution in [0.3, 0.4) is 0 Å². The van der Waals surface area contributed by atoms with Crippen molar-refractivity contribution in [3.63, 3.8) is 0 Å². The summed E-state index contributed by atoms with van der Waals surface area (Å²) in [7, 11) is 0. The van der Waals surface area contributed by atoms with Crippen molar-refractivity contribution in [1.82, 2.24) is 4.90 Å². The highest BCUT2D eigenvalue weighted by Crippen LogP contribution is 2.51. The number of aromatic hydroxyl groups is 1. The van der Waals surface area contributed by atoms with Crippen molar-refractivity contribution in [3.05, 3.63) is 76.9 Å². The van der Waals surface area contributed by atoms with Crippen molar-refractivity contribution in [1.29, 1.82) is 0 Å². The summed E-state index contributed by atoms with van der Waals surface area (Å²) in [6.07, 6.45) is 9.25. The monoisotopic (exact) mass is 541 g/mol. The standard InChI is InChI=1S/C34H39NO5/c1-22(18-23-10-8-9-15-29(23)36)16-17-30-31-24(20-39-26-13-6-3-7-14-26)19-27-32(28(31)21-40-30)34(38)35(33(27)37)25-11-4-2-5-12-25/h3,6-10,13-15,18,25,27-28,30,32,36H,2,4-5,11-12,16-17,19-21H2,1H3/b22-18+/t27-,28+,30-,32-/m1/s1. The predicted molar refractivity (Wildman–Crippen MR) is 154 cm³/mol. The smallest absolute Gasteiger partial charge is 0.234 e. The highest BCUT2D eigenvalue weighted by Gasteiger charge is 2.58. The zero-order valence-electron chi connectivity index (χ0n) is 23.3. The lowest BCUT2D eigenvalue weighted by Gasteiger charge is -2.32. The molecule has 0 spiro atoms. The largest absolute Gasteiger partial charge is 0.507 e. The molecule has 3 fully saturated rings. The first-order chi connectivity index (χ1) is 19.5. The number of benzene rings is 2. The van der Waals surface area contributed by atoms with Gasteiger partial charge in [0.15, 0.2) is 0 Å². The lowest BCUT2D eigenvalue weighted by molar-refractivity contribution is -0.143. The predicted octanol–water partition coefficient (Wildman–Crippen LogP) is 6.30. The van der Waals surface area contributed by atoms with Crippen LogP contribution in [0.2, 0.25) is 0 Å². The number of imide groups is 1. The van der Waals surface area contributed by atoms with Crippen LogP contribution in [0.1, 0.15) is 63.9 Å². The molecule has 6 nitrogen and oxygen atoms in total. The van der Waals surface area contributed by atoms with Gasteiger partial charge in [0.05, 0.1) is 24.5 Å². The van der Waals surface area contributed by atoms with Gasteiger partial charge in [0.1, 0.15) is 18.1 Å². The molecule has 2 saturated heterocycles. The lowest BCUT2D eigenvalue weighted by atomic mass is 9.69. The number of carbonyl (C=O) groups excluding carboxylic acids is 2. The minimum absolute atomic E-state index is 0.0167. The molecule has 1 N–H and O–H groups in total. The highest BCUT2D eigenvalue weighted by molar-refractivity contribution is 6.06. The second-order valence-electron chi connectivity index (χ2n) is 11.9. The Kier molecular flexibility index (Phi) is 7.79. The molecule has 2 aromatic rings. The number of para-hydroxylation sites is 2. The molecule has 6 rings (SSSR count). The molecule has 2 aliphatic heterocycles. The van der Waals surface area contributed by atoms with Crippen LogP contribution in [0.15, 0.2) is 71.3 Å². The van der Waals surface area contributed by atoms with Crippen LogP contribution >= 0.6 is 0 Å². The van der Waals surface area contributed by atoms with Crippen LogP contribution in [0, 0.1) is 17.8 Å². The van der Waals surface area contributed by atoms with Crippen molar-refractivity contribution < 1.29 is 24.2 Å². The number of fused-ring (bicyclic) bond motifs is 3. The minimum Gasteiger partial charge on any atom is -0.507 e. The van der Waals surface area contributed by atoms with Gasteiger partial charge in [-0.1, -0.05) is 67.3 Å². The number of phenols is 1. The molecule has 0 aromatic heterocycles. The number of nitrogens with zero attached hydrogens (tertiary/aromatic N) is 1. The van der Waals surface area contributed by atoms with E-state index >= 15 is 0 Å². The number of allylic oxidation sites excluding steroid dienone is 1. The maximum Gasteiger partial charge on any atom is 0.234 e. The topological polar surface area (TPSA) is 76.1 Å². The van der Waals surface area contributed by atoms with E-state index in [-0.39, 0.29) is 47.5 Å². The zero-order chi connectivity index (χ0) is 27.6. The van der Waals surface area contributed by atoms with Crippen LogP contribution in [0.25, 0.3) is 6.08 Å². The van der Waals surface area contributed by atoms with E-state index in [4.69, 9.17) is 9.47 Å². The molecule has 0 unspecified atom stereocenters. The number of rotatable bonds is 8. The summed E-state index contributed by atoms with van der Waals surface area (Å²) in [5.41, 5.74) is 4.26. The Morgan fingerprint density at radius 3 is 2.52 bits per heavy atom. The molecule has 6 heteroatoms. The van der Waals surface area contributed by atoms with Crippen molar-refractivity contribution in [2.24, 2.45) is 17.8 Å². The van der Waals surface area contributed by atoms with Crippen LogP contribution in [0.5, 0.6) is 11.5 Å². The quantitative estimate of drug-likeness (QED) is 0.313. The summed E-state index contributed by atoms with van der Waals surface area (Å²) in [6, 6.07) is 17.1. The SMILES string of the molecule is C/C(=C\c1ccccc1O)CC[C@H]1OC[C@H]2C1=C(COc1ccccc1)C[C@H]1C(=O)N(C3CCCCC3)C(=O)[C@H]12. The van der Waals surface area contributed by atoms with E-state index < -0.39 is 0 Å². The van der Waals surface area contributed by atoms with E-state index in [9.17, 15) is 14.7 Å². The van der Waals surface area contributed by atoms with Crippen molar-refractivity contribution in [3.8, 4) is 11.5 Å². The van der Waals surface area contributed by atoms with Gasteiger partial charge in [0.25, 0.3) is 0 Å². The first-order valence-electron chi connectivity index (χ1n) is 14.8. The summed E-state index contributed by atoms with van der Waals surface area (Å²) in [4.78, 5) is 29.2. The Morgan fingerprint density at radius 2 is 1.75 bits per heavy atom. The van der Waals surface area contributed by atoms with Crippen LogP contribution in [-0.2, 0) is 14.3 Å². The molecular weight excluding hydrogens is 502 g/mol. The van der Waals surface area contributed by atoms with E-state index in [1.165, 1.54) is 12.0 Å². The maximum absolute atomic E-state index is 13.8. The Morgan fingerprint density at radius 1 is 1.00 bits per heavy atom. The average molecular weight is 542 g/mol. The third-order valence-corrected chi connectivity index (χ3v) is 9.28. The van der Waals surface area contributed by atoms with Gasteiger partial charge in [0, 0.05) is 17.5 Å². The van der Waals surface area contributed by atoms with Gasteiger partial charge in [-0.25, -0.2) is 0 Å². The molecule has 40 heavy (non-hydrogen) atoms. The van der Waals surface area contributed by atoms with Gasteiger partial charge < -0.3 is 14.6 Å². The maximum atomic E-state index is 13.8. The van der Waals surface area contributed by atoms with E-state index in [1.54, 1.807) is 11.0 Å². The molecule has 1 saturated carbocycles. The summed E-state index contributed by atoms with van der Waals surface area (Å²) < 4.78 is 12.6. The molecule has 210 valence electrons. The van der Waals surface area contributed by atoms with Gasteiger partial charge in [-0.2, -0.15) is 0 Å². The number of carbonyl (C=O) groups is 2. The fourth-order valence-electron chi connectivity index (χ4n) is 7.32. The highest BCUT2D eigenvalue weighted by atomic mass is 16.5. The summed E-state index contributed by atoms with van der Waals surface area (Å²) >= 11 is 0. The zero-order valence-corrected chi connectivity index (χ0v) is 23.3. The summed E-state index contributed by atoms with van der Waals surface area (Å²) in [6.45, 7) is 2.94. The summed E-state index contributed by atoms with van der Waals surface area (Å²) in [5.74, 6) is 0.382. The average Bonchev–Trinajstić information content (AvgIpc) is 3.51. The van der Waals surface area contributed by atoms with Crippen molar-refractivity contribution in [2.45, 2.75) is 70.4 Å². The molecule has 2 aliphatic carbocycles. The Hall–Kier alpha value is -3.38. The van der Waals surface area contributed by atoms with Gasteiger partial charge in [-0.05, 0) is 68.4 Å². The second kappa shape index (κ2) is 11.6. The van der Waals surface area contributed by atoms with Crippen LogP contribution in [-0.4, -0.2) is 47.2 Å². The molecule has 0 radical (unpaired) electrons. The third kappa shape index (κ3) is 5.22. The molecule has 0 bridgehead atoms. The number of likely N-dealkylation sites (tertiary alicyclic amines) is 1. The molecule has 2 aromatic carbocycles.